The Labute approximate surface area is 198 Å². The minimum atomic E-state index is -4.75. The quantitative estimate of drug-likeness (QED) is 0.392. The number of nitrogens with zero attached hydrogens (tertiary/aromatic N) is 1. The Morgan fingerprint density at radius 3 is 2.12 bits per heavy atom. The van der Waals surface area contributed by atoms with Crippen LogP contribution in [0.2, 0.25) is 15.1 Å². The molecule has 174 valence electrons. The van der Waals surface area contributed by atoms with Crippen molar-refractivity contribution in [2.75, 3.05) is 12.8 Å². The molecule has 0 amide bonds. The van der Waals surface area contributed by atoms with Crippen LogP contribution < -0.4 is 11.5 Å². The summed E-state index contributed by atoms with van der Waals surface area (Å²) >= 11 is 17.6. The highest BCUT2D eigenvalue weighted by molar-refractivity contribution is 6.34. The number of aldehydes is 1. The van der Waals surface area contributed by atoms with E-state index < -0.39 is 18.2 Å². The zero-order chi connectivity index (χ0) is 24.1. The van der Waals surface area contributed by atoms with Crippen LogP contribution in [0.4, 0.5) is 18.9 Å². The van der Waals surface area contributed by atoms with Gasteiger partial charge in [-0.25, -0.2) is 0 Å². The predicted molar refractivity (Wildman–Crippen MR) is 121 cm³/mol. The molecule has 4 rings (SSSR count). The third-order valence-corrected chi connectivity index (χ3v) is 5.44. The molecule has 0 aromatic heterocycles. The Balaban J connectivity index is 0.000000448. The van der Waals surface area contributed by atoms with Crippen LogP contribution in [0.15, 0.2) is 41.6 Å². The summed E-state index contributed by atoms with van der Waals surface area (Å²) < 4.78 is 41.6. The molecule has 1 unspecified atom stereocenters. The first-order chi connectivity index (χ1) is 15.1. The number of carbonyl (C=O) groups excluding carboxylic acids is 1. The van der Waals surface area contributed by atoms with Gasteiger partial charge >= 0.3 is 6.18 Å². The minimum Gasteiger partial charge on any atom is -0.398 e. The maximum absolute atomic E-state index is 13.9. The number of alkyl halides is 3. The molecule has 1 atom stereocenters. The van der Waals surface area contributed by atoms with E-state index in [2.05, 4.69) is 10.9 Å². The summed E-state index contributed by atoms with van der Waals surface area (Å²) in [6.45, 7) is 0. The molecule has 0 spiro atoms. The average molecular weight is 511 g/mol. The van der Waals surface area contributed by atoms with E-state index in [9.17, 15) is 18.0 Å². The van der Waals surface area contributed by atoms with Crippen LogP contribution in [0.1, 0.15) is 30.4 Å². The molecule has 11 heteroatoms. The van der Waals surface area contributed by atoms with Crippen molar-refractivity contribution < 1.29 is 22.8 Å². The number of hydrogen-bond donors (Lipinski definition) is 2. The molecule has 1 saturated carbocycles. The molecule has 32 heavy (non-hydrogen) atoms. The van der Waals surface area contributed by atoms with Gasteiger partial charge < -0.3 is 21.1 Å². The van der Waals surface area contributed by atoms with Crippen LogP contribution in [0.5, 0.6) is 0 Å². The standard InChI is InChI=1S/C16H10Cl3F3N2O.C4H6O.CH5N/c17-10-4-9(5-11(18)6-10)15(16(20,21)22)7-14(24-25-15)8-1-2-12(19)13(23)3-8;5-3-4-1-2-4;1-2/h1-6H,7,23H2;3-4H,1-2H2;2H2,1H3. The van der Waals surface area contributed by atoms with Gasteiger partial charge in [-0.15, -0.1) is 0 Å². The summed E-state index contributed by atoms with van der Waals surface area (Å²) in [5.74, 6) is 0.454. The lowest BCUT2D eigenvalue weighted by Crippen LogP contribution is -2.42. The van der Waals surface area contributed by atoms with Gasteiger partial charge in [0.2, 0.25) is 0 Å². The molecule has 0 bridgehead atoms. The van der Waals surface area contributed by atoms with Crippen molar-refractivity contribution in [3.8, 4) is 0 Å². The zero-order valence-corrected chi connectivity index (χ0v) is 19.2. The number of hydrogen-bond acceptors (Lipinski definition) is 5. The average Bonchev–Trinajstić information content (AvgIpc) is 3.46. The van der Waals surface area contributed by atoms with E-state index in [0.717, 1.165) is 31.3 Å². The van der Waals surface area contributed by atoms with Crippen LogP contribution in [-0.2, 0) is 15.2 Å². The number of rotatable bonds is 3. The summed E-state index contributed by atoms with van der Waals surface area (Å²) in [7, 11) is 1.50. The fourth-order valence-electron chi connectivity index (χ4n) is 2.80. The third kappa shape index (κ3) is 6.07. The molecule has 5 nitrogen and oxygen atoms in total. The van der Waals surface area contributed by atoms with Gasteiger partial charge in [0.1, 0.15) is 6.29 Å². The lowest BCUT2D eigenvalue weighted by Gasteiger charge is -2.29. The SMILES string of the molecule is CN.Nc1cc(C2=NOC(c3cc(Cl)cc(Cl)c3)(C(F)(F)F)C2)ccc1Cl.O=CC1CC1. The Bertz CT molecular complexity index is 978. The highest BCUT2D eigenvalue weighted by Gasteiger charge is 2.62. The number of benzene rings is 2. The summed E-state index contributed by atoms with van der Waals surface area (Å²) in [5.41, 5.74) is 8.03. The summed E-state index contributed by atoms with van der Waals surface area (Å²) in [5, 5.41) is 4.08. The van der Waals surface area contributed by atoms with Crippen molar-refractivity contribution in [3.05, 3.63) is 62.6 Å². The van der Waals surface area contributed by atoms with Gasteiger partial charge in [0, 0.05) is 33.5 Å². The molecule has 0 saturated heterocycles. The second-order valence-electron chi connectivity index (χ2n) is 7.00. The normalized spacial score (nSPS) is 19.6. The number of nitrogen functional groups attached to an aromatic ring is 1. The van der Waals surface area contributed by atoms with Crippen molar-refractivity contribution in [2.45, 2.75) is 31.0 Å². The van der Waals surface area contributed by atoms with E-state index in [4.69, 9.17) is 45.4 Å². The molecule has 0 radical (unpaired) electrons. The Morgan fingerprint density at radius 2 is 1.69 bits per heavy atom. The van der Waals surface area contributed by atoms with Gasteiger partial charge in [0.25, 0.3) is 5.60 Å². The molecular weight excluding hydrogens is 490 g/mol. The first-order valence-corrected chi connectivity index (χ1v) is 10.6. The van der Waals surface area contributed by atoms with E-state index >= 15 is 0 Å². The molecule has 1 fully saturated rings. The molecule has 1 aliphatic carbocycles. The largest absolute Gasteiger partial charge is 0.435 e. The van der Waals surface area contributed by atoms with Crippen molar-refractivity contribution >= 4 is 52.5 Å². The fraction of sp³-hybridized carbons (Fsp3) is 0.333. The van der Waals surface area contributed by atoms with Crippen molar-refractivity contribution in [1.29, 1.82) is 0 Å². The Morgan fingerprint density at radius 1 is 1.09 bits per heavy atom. The molecule has 2 aliphatic rings. The van der Waals surface area contributed by atoms with Crippen LogP contribution >= 0.6 is 34.8 Å². The lowest BCUT2D eigenvalue weighted by molar-refractivity contribution is -0.275. The van der Waals surface area contributed by atoms with E-state index in [1.807, 2.05) is 0 Å². The van der Waals surface area contributed by atoms with Gasteiger partial charge in [-0.05, 0) is 50.2 Å². The zero-order valence-electron chi connectivity index (χ0n) is 16.9. The molecule has 2 aromatic carbocycles. The second-order valence-corrected chi connectivity index (χ2v) is 8.28. The van der Waals surface area contributed by atoms with Gasteiger partial charge in [-0.3, -0.25) is 0 Å². The summed E-state index contributed by atoms with van der Waals surface area (Å²) in [6, 6.07) is 8.12. The van der Waals surface area contributed by atoms with E-state index in [1.54, 1.807) is 0 Å². The molecule has 1 heterocycles. The summed E-state index contributed by atoms with van der Waals surface area (Å²) in [6.07, 6.45) is -1.98. The number of carbonyl (C=O) groups is 1. The van der Waals surface area contributed by atoms with Gasteiger partial charge in [-0.1, -0.05) is 46.0 Å². The number of halogens is 6. The van der Waals surface area contributed by atoms with Gasteiger partial charge in [-0.2, -0.15) is 13.2 Å². The monoisotopic (exact) mass is 509 g/mol. The fourth-order valence-corrected chi connectivity index (χ4v) is 3.44. The van der Waals surface area contributed by atoms with Gasteiger partial charge in [0.05, 0.1) is 16.4 Å². The van der Waals surface area contributed by atoms with E-state index in [1.165, 1.54) is 31.3 Å². The Hall–Kier alpha value is -2.00. The highest BCUT2D eigenvalue weighted by Crippen LogP contribution is 2.49. The van der Waals surface area contributed by atoms with Crippen molar-refractivity contribution in [1.82, 2.24) is 0 Å². The minimum absolute atomic E-state index is 0.0684. The van der Waals surface area contributed by atoms with Crippen LogP contribution in [0, 0.1) is 5.92 Å². The first-order valence-electron chi connectivity index (χ1n) is 9.42. The number of anilines is 1. The Kier molecular flexibility index (Phi) is 8.82. The van der Waals surface area contributed by atoms with Gasteiger partial charge in [0.15, 0.2) is 0 Å². The predicted octanol–water partition coefficient (Wildman–Crippen LogP) is 5.98. The lowest BCUT2D eigenvalue weighted by atomic mass is 9.86. The molecule has 1 aliphatic heterocycles. The van der Waals surface area contributed by atoms with Crippen molar-refractivity contribution in [2.24, 2.45) is 16.8 Å². The number of oxime groups is 1. The summed E-state index contributed by atoms with van der Waals surface area (Å²) in [4.78, 5) is 14.5. The molecule has 4 N–H and O–H groups in total. The van der Waals surface area contributed by atoms with E-state index in [0.29, 0.717) is 16.5 Å². The van der Waals surface area contributed by atoms with Crippen molar-refractivity contribution in [3.63, 3.8) is 0 Å². The number of nitrogens with two attached hydrogens (primary N) is 2. The van der Waals surface area contributed by atoms with Crippen LogP contribution in [0.25, 0.3) is 0 Å². The maximum atomic E-state index is 13.9. The highest BCUT2D eigenvalue weighted by atomic mass is 35.5. The molecular formula is C21H21Cl3F3N3O2. The second kappa shape index (κ2) is 10.7. The topological polar surface area (TPSA) is 90.7 Å². The smallest absolute Gasteiger partial charge is 0.398 e. The van der Waals surface area contributed by atoms with E-state index in [-0.39, 0.29) is 27.0 Å². The third-order valence-electron chi connectivity index (χ3n) is 4.66. The van der Waals surface area contributed by atoms with Crippen LogP contribution in [0.3, 0.4) is 0 Å². The first kappa shape index (κ1) is 26.3. The maximum Gasteiger partial charge on any atom is 0.435 e. The van der Waals surface area contributed by atoms with Crippen LogP contribution in [-0.4, -0.2) is 25.2 Å². The molecule has 2 aromatic rings.